The molecule has 0 fully saturated rings. The number of rotatable bonds is 4. The van der Waals surface area contributed by atoms with Crippen LogP contribution in [-0.4, -0.2) is 13.0 Å². The maximum absolute atomic E-state index is 11.3. The van der Waals surface area contributed by atoms with Crippen LogP contribution in [0.3, 0.4) is 0 Å². The van der Waals surface area contributed by atoms with Crippen molar-refractivity contribution in [2.75, 3.05) is 18.2 Å². The van der Waals surface area contributed by atoms with E-state index in [1.165, 1.54) is 0 Å². The lowest BCUT2D eigenvalue weighted by molar-refractivity contribution is 0.100. The van der Waals surface area contributed by atoms with Gasteiger partial charge in [-0.05, 0) is 42.8 Å². The van der Waals surface area contributed by atoms with Gasteiger partial charge in [0.15, 0.2) is 0 Å². The zero-order valence-corrected chi connectivity index (χ0v) is 11.4. The summed E-state index contributed by atoms with van der Waals surface area (Å²) in [6, 6.07) is 10.8. The fourth-order valence-electron chi connectivity index (χ4n) is 1.94. The van der Waals surface area contributed by atoms with E-state index in [4.69, 9.17) is 16.2 Å². The third kappa shape index (κ3) is 2.66. The molecule has 0 unspecified atom stereocenters. The molecule has 0 radical (unpaired) electrons. The zero-order valence-electron chi connectivity index (χ0n) is 11.4. The number of carbonyl (C=O) groups excluding carboxylic acids is 1. The number of carbonyl (C=O) groups is 1. The van der Waals surface area contributed by atoms with E-state index in [0.717, 1.165) is 17.0 Å². The molecule has 1 amide bonds. The van der Waals surface area contributed by atoms with Crippen LogP contribution in [-0.2, 0) is 0 Å². The Morgan fingerprint density at radius 2 is 1.95 bits per heavy atom. The molecule has 2 aromatic rings. The number of methoxy groups -OCH3 is 1. The van der Waals surface area contributed by atoms with Gasteiger partial charge in [0.25, 0.3) is 5.91 Å². The van der Waals surface area contributed by atoms with Gasteiger partial charge in [-0.15, -0.1) is 0 Å². The SMILES string of the molecule is COc1ccc(Nc2cccc(C(N)=O)c2N)c(C)c1. The van der Waals surface area contributed by atoms with Gasteiger partial charge >= 0.3 is 0 Å². The van der Waals surface area contributed by atoms with Crippen molar-refractivity contribution in [1.82, 2.24) is 0 Å². The molecule has 2 aromatic carbocycles. The number of hydrogen-bond acceptors (Lipinski definition) is 4. The Bertz CT molecular complexity index is 654. The number of nitrogens with one attached hydrogen (secondary N) is 1. The standard InChI is InChI=1S/C15H17N3O2/c1-9-8-10(20-2)6-7-12(9)18-13-5-3-4-11(14(13)16)15(17)19/h3-8,18H,16H2,1-2H3,(H2,17,19). The van der Waals surface area contributed by atoms with Crippen LogP contribution >= 0.6 is 0 Å². The highest BCUT2D eigenvalue weighted by Gasteiger charge is 2.10. The quantitative estimate of drug-likeness (QED) is 0.745. The molecule has 0 heterocycles. The summed E-state index contributed by atoms with van der Waals surface area (Å²) in [5, 5.41) is 3.20. The van der Waals surface area contributed by atoms with Crippen LogP contribution < -0.4 is 21.5 Å². The van der Waals surface area contributed by atoms with E-state index in [2.05, 4.69) is 5.32 Å². The Balaban J connectivity index is 2.35. The molecule has 0 bridgehead atoms. The van der Waals surface area contributed by atoms with Gasteiger partial charge in [-0.25, -0.2) is 0 Å². The summed E-state index contributed by atoms with van der Waals surface area (Å²) in [5.74, 6) is 0.240. The molecule has 5 heteroatoms. The monoisotopic (exact) mass is 271 g/mol. The van der Waals surface area contributed by atoms with Crippen LogP contribution in [0.4, 0.5) is 17.1 Å². The number of para-hydroxylation sites is 1. The summed E-state index contributed by atoms with van der Waals surface area (Å²) in [5.41, 5.74) is 14.4. The van der Waals surface area contributed by atoms with Crippen molar-refractivity contribution in [3.63, 3.8) is 0 Å². The van der Waals surface area contributed by atoms with E-state index in [0.29, 0.717) is 16.9 Å². The first-order valence-electron chi connectivity index (χ1n) is 6.13. The highest BCUT2D eigenvalue weighted by atomic mass is 16.5. The summed E-state index contributed by atoms with van der Waals surface area (Å²) in [7, 11) is 1.62. The third-order valence-corrected chi connectivity index (χ3v) is 3.07. The molecule has 5 nitrogen and oxygen atoms in total. The zero-order chi connectivity index (χ0) is 14.7. The molecule has 0 aliphatic rings. The molecule has 104 valence electrons. The van der Waals surface area contributed by atoms with E-state index in [1.54, 1.807) is 25.3 Å². The molecule has 5 N–H and O–H groups in total. The van der Waals surface area contributed by atoms with Crippen LogP contribution in [0.5, 0.6) is 5.75 Å². The van der Waals surface area contributed by atoms with Gasteiger partial charge in [0.05, 0.1) is 24.0 Å². The number of ether oxygens (including phenoxy) is 1. The number of anilines is 3. The Kier molecular flexibility index (Phi) is 3.79. The average molecular weight is 271 g/mol. The normalized spacial score (nSPS) is 10.1. The van der Waals surface area contributed by atoms with Gasteiger partial charge in [-0.2, -0.15) is 0 Å². The van der Waals surface area contributed by atoms with Crippen molar-refractivity contribution in [2.24, 2.45) is 5.73 Å². The second kappa shape index (κ2) is 5.52. The molecule has 0 spiro atoms. The summed E-state index contributed by atoms with van der Waals surface area (Å²) < 4.78 is 5.16. The number of hydrogen-bond donors (Lipinski definition) is 3. The summed E-state index contributed by atoms with van der Waals surface area (Å²) in [4.78, 5) is 11.3. The molecule has 0 aliphatic heterocycles. The Morgan fingerprint density at radius 1 is 1.20 bits per heavy atom. The van der Waals surface area contributed by atoms with Gasteiger partial charge < -0.3 is 21.5 Å². The van der Waals surface area contributed by atoms with E-state index >= 15 is 0 Å². The number of nitrogens with two attached hydrogens (primary N) is 2. The van der Waals surface area contributed by atoms with Gasteiger partial charge in [0.2, 0.25) is 0 Å². The van der Waals surface area contributed by atoms with Crippen LogP contribution in [0.2, 0.25) is 0 Å². The maximum atomic E-state index is 11.3. The lowest BCUT2D eigenvalue weighted by Gasteiger charge is -2.14. The van der Waals surface area contributed by atoms with Crippen molar-refractivity contribution in [2.45, 2.75) is 6.92 Å². The van der Waals surface area contributed by atoms with Crippen molar-refractivity contribution < 1.29 is 9.53 Å². The molecular formula is C15H17N3O2. The number of amides is 1. The molecular weight excluding hydrogens is 254 g/mol. The minimum absolute atomic E-state index is 0.307. The van der Waals surface area contributed by atoms with Gasteiger partial charge in [0, 0.05) is 5.69 Å². The highest BCUT2D eigenvalue weighted by molar-refractivity contribution is 6.01. The number of primary amides is 1. The smallest absolute Gasteiger partial charge is 0.250 e. The third-order valence-electron chi connectivity index (χ3n) is 3.07. The number of nitrogen functional groups attached to an aromatic ring is 1. The molecule has 20 heavy (non-hydrogen) atoms. The second-order valence-corrected chi connectivity index (χ2v) is 4.44. The van der Waals surface area contributed by atoms with Gasteiger partial charge in [-0.1, -0.05) is 6.07 Å². The van der Waals surface area contributed by atoms with Crippen molar-refractivity contribution in [1.29, 1.82) is 0 Å². The first-order chi connectivity index (χ1) is 9.52. The lowest BCUT2D eigenvalue weighted by atomic mass is 10.1. The van der Waals surface area contributed by atoms with E-state index in [9.17, 15) is 4.79 Å². The second-order valence-electron chi connectivity index (χ2n) is 4.44. The molecule has 0 saturated heterocycles. The maximum Gasteiger partial charge on any atom is 0.250 e. The van der Waals surface area contributed by atoms with Crippen molar-refractivity contribution in [3.05, 3.63) is 47.5 Å². The predicted molar refractivity (Wildman–Crippen MR) is 80.4 cm³/mol. The van der Waals surface area contributed by atoms with Gasteiger partial charge in [0.1, 0.15) is 5.75 Å². The lowest BCUT2D eigenvalue weighted by Crippen LogP contribution is -2.14. The Morgan fingerprint density at radius 3 is 2.55 bits per heavy atom. The summed E-state index contributed by atoms with van der Waals surface area (Å²) in [6.07, 6.45) is 0. The van der Waals surface area contributed by atoms with Crippen LogP contribution in [0.1, 0.15) is 15.9 Å². The summed E-state index contributed by atoms with van der Waals surface area (Å²) >= 11 is 0. The first kappa shape index (κ1) is 13.7. The topological polar surface area (TPSA) is 90.4 Å². The molecule has 0 aromatic heterocycles. The average Bonchev–Trinajstić information content (AvgIpc) is 2.42. The molecule has 0 atom stereocenters. The van der Waals surface area contributed by atoms with Crippen molar-refractivity contribution >= 4 is 23.0 Å². The van der Waals surface area contributed by atoms with Crippen LogP contribution in [0.15, 0.2) is 36.4 Å². The predicted octanol–water partition coefficient (Wildman–Crippen LogP) is 2.43. The minimum Gasteiger partial charge on any atom is -0.497 e. The fourth-order valence-corrected chi connectivity index (χ4v) is 1.94. The van der Waals surface area contributed by atoms with Gasteiger partial charge in [-0.3, -0.25) is 4.79 Å². The summed E-state index contributed by atoms with van der Waals surface area (Å²) in [6.45, 7) is 1.96. The Labute approximate surface area is 117 Å². The van der Waals surface area contributed by atoms with E-state index in [-0.39, 0.29) is 0 Å². The van der Waals surface area contributed by atoms with E-state index < -0.39 is 5.91 Å². The van der Waals surface area contributed by atoms with Crippen LogP contribution in [0.25, 0.3) is 0 Å². The molecule has 0 aliphatic carbocycles. The minimum atomic E-state index is -0.544. The number of aryl methyl sites for hydroxylation is 1. The first-order valence-corrected chi connectivity index (χ1v) is 6.13. The Hall–Kier alpha value is -2.69. The fraction of sp³-hybridized carbons (Fsp3) is 0.133. The van der Waals surface area contributed by atoms with Crippen LogP contribution in [0, 0.1) is 6.92 Å². The molecule has 2 rings (SSSR count). The number of benzene rings is 2. The van der Waals surface area contributed by atoms with Crippen molar-refractivity contribution in [3.8, 4) is 5.75 Å². The van der Waals surface area contributed by atoms with E-state index in [1.807, 2.05) is 25.1 Å². The molecule has 0 saturated carbocycles. The highest BCUT2D eigenvalue weighted by Crippen LogP contribution is 2.29. The largest absolute Gasteiger partial charge is 0.497 e.